The average Bonchev–Trinajstić information content (AvgIpc) is 3.50. The molecule has 1 heterocycles. The molecular formula is C34H32F3N3O3. The summed E-state index contributed by atoms with van der Waals surface area (Å²) in [7, 11) is 0. The van der Waals surface area contributed by atoms with Gasteiger partial charge in [-0.25, -0.2) is 13.2 Å². The zero-order chi connectivity index (χ0) is 30.5. The third kappa shape index (κ3) is 6.89. The van der Waals surface area contributed by atoms with Crippen LogP contribution in [-0.4, -0.2) is 22.7 Å². The van der Waals surface area contributed by atoms with Crippen LogP contribution in [0.3, 0.4) is 0 Å². The number of nitrogens with one attached hydrogen (secondary N) is 1. The van der Waals surface area contributed by atoms with E-state index in [1.165, 1.54) is 30.3 Å². The molecule has 6 nitrogen and oxygen atoms in total. The summed E-state index contributed by atoms with van der Waals surface area (Å²) in [5, 5.41) is 3.10. The lowest BCUT2D eigenvalue weighted by Crippen LogP contribution is -2.40. The first kappa shape index (κ1) is 29.8. The van der Waals surface area contributed by atoms with Gasteiger partial charge in [0, 0.05) is 18.2 Å². The maximum absolute atomic E-state index is 15.5. The molecule has 5 rings (SSSR count). The SMILES string of the molecule is C=C(c1ccc(F)cc1)c1ccc(=O)n(-c2c(F)cc(CN[C@@H](Cc3ccccc3)C(=O)OC3CCCC3)cc2F)c1N. The second-order valence-electron chi connectivity index (χ2n) is 10.7. The molecule has 43 heavy (non-hydrogen) atoms. The van der Waals surface area contributed by atoms with Crippen LogP contribution in [0.4, 0.5) is 19.0 Å². The van der Waals surface area contributed by atoms with Crippen molar-refractivity contribution in [3.05, 3.63) is 136 Å². The Morgan fingerprint density at radius 3 is 2.26 bits per heavy atom. The lowest BCUT2D eigenvalue weighted by molar-refractivity contribution is -0.151. The number of nitrogen functional groups attached to an aromatic ring is 1. The highest BCUT2D eigenvalue weighted by Crippen LogP contribution is 2.29. The number of benzene rings is 3. The summed E-state index contributed by atoms with van der Waals surface area (Å²) in [5.41, 5.74) is 7.16. The van der Waals surface area contributed by atoms with Gasteiger partial charge in [-0.05, 0) is 84.7 Å². The van der Waals surface area contributed by atoms with Crippen molar-refractivity contribution in [1.29, 1.82) is 0 Å². The summed E-state index contributed by atoms with van der Waals surface area (Å²) < 4.78 is 50.9. The Morgan fingerprint density at radius 2 is 1.60 bits per heavy atom. The third-order valence-electron chi connectivity index (χ3n) is 7.65. The van der Waals surface area contributed by atoms with E-state index >= 15 is 8.78 Å². The van der Waals surface area contributed by atoms with E-state index in [9.17, 15) is 14.0 Å². The van der Waals surface area contributed by atoms with Crippen molar-refractivity contribution in [3.63, 3.8) is 0 Å². The predicted molar refractivity (Wildman–Crippen MR) is 160 cm³/mol. The van der Waals surface area contributed by atoms with Crippen molar-refractivity contribution in [3.8, 4) is 5.69 Å². The molecule has 1 aliphatic rings. The summed E-state index contributed by atoms with van der Waals surface area (Å²) >= 11 is 0. The Bertz CT molecular complexity index is 1660. The molecule has 3 N–H and O–H groups in total. The lowest BCUT2D eigenvalue weighted by Gasteiger charge is -2.21. The van der Waals surface area contributed by atoms with Crippen molar-refractivity contribution in [1.82, 2.24) is 9.88 Å². The molecule has 1 atom stereocenters. The van der Waals surface area contributed by atoms with E-state index in [0.29, 0.717) is 17.6 Å². The van der Waals surface area contributed by atoms with E-state index in [-0.39, 0.29) is 29.6 Å². The van der Waals surface area contributed by atoms with Crippen molar-refractivity contribution in [2.45, 2.75) is 50.8 Å². The van der Waals surface area contributed by atoms with Gasteiger partial charge in [0.25, 0.3) is 5.56 Å². The fourth-order valence-electron chi connectivity index (χ4n) is 5.36. The van der Waals surface area contributed by atoms with Crippen LogP contribution < -0.4 is 16.6 Å². The van der Waals surface area contributed by atoms with Gasteiger partial charge in [0.2, 0.25) is 0 Å². The Balaban J connectivity index is 1.39. The smallest absolute Gasteiger partial charge is 0.323 e. The zero-order valence-electron chi connectivity index (χ0n) is 23.5. The normalized spacial score (nSPS) is 14.0. The molecule has 1 fully saturated rings. The van der Waals surface area contributed by atoms with Crippen molar-refractivity contribution in [2.24, 2.45) is 0 Å². The largest absolute Gasteiger partial charge is 0.461 e. The molecule has 4 aromatic rings. The number of carbonyl (C=O) groups excluding carboxylic acids is 1. The first-order valence-corrected chi connectivity index (χ1v) is 14.1. The maximum Gasteiger partial charge on any atom is 0.323 e. The molecule has 0 spiro atoms. The molecule has 0 unspecified atom stereocenters. The van der Waals surface area contributed by atoms with Gasteiger partial charge in [-0.3, -0.25) is 14.2 Å². The molecule has 0 amide bonds. The average molecular weight is 588 g/mol. The highest BCUT2D eigenvalue weighted by Gasteiger charge is 2.26. The van der Waals surface area contributed by atoms with Crippen molar-refractivity contribution in [2.75, 3.05) is 5.73 Å². The zero-order valence-corrected chi connectivity index (χ0v) is 23.5. The number of ether oxygens (including phenoxy) is 1. The molecule has 0 aliphatic heterocycles. The first-order valence-electron chi connectivity index (χ1n) is 14.1. The van der Waals surface area contributed by atoms with E-state index in [2.05, 4.69) is 11.9 Å². The van der Waals surface area contributed by atoms with Gasteiger partial charge in [-0.15, -0.1) is 0 Å². The number of anilines is 1. The number of esters is 1. The van der Waals surface area contributed by atoms with Gasteiger partial charge in [-0.1, -0.05) is 49.0 Å². The molecule has 0 radical (unpaired) electrons. The van der Waals surface area contributed by atoms with E-state index < -0.39 is 40.7 Å². The Labute approximate surface area is 247 Å². The van der Waals surface area contributed by atoms with Crippen LogP contribution >= 0.6 is 0 Å². The van der Waals surface area contributed by atoms with Gasteiger partial charge in [0.1, 0.15) is 29.5 Å². The van der Waals surface area contributed by atoms with E-state index in [1.807, 2.05) is 30.3 Å². The first-order chi connectivity index (χ1) is 20.7. The van der Waals surface area contributed by atoms with Crippen LogP contribution in [-0.2, 0) is 22.5 Å². The molecule has 9 heteroatoms. The molecule has 1 aromatic heterocycles. The minimum absolute atomic E-state index is 0.0306. The molecular weight excluding hydrogens is 555 g/mol. The summed E-state index contributed by atoms with van der Waals surface area (Å²) in [6.45, 7) is 3.94. The summed E-state index contributed by atoms with van der Waals surface area (Å²) in [6.07, 6.45) is 3.88. The Kier molecular flexibility index (Phi) is 9.11. The summed E-state index contributed by atoms with van der Waals surface area (Å²) in [4.78, 5) is 25.9. The molecule has 1 aliphatic carbocycles. The molecule has 0 bridgehead atoms. The number of aromatic nitrogens is 1. The number of halogens is 3. The summed E-state index contributed by atoms with van der Waals surface area (Å²) in [5.74, 6) is -3.09. The maximum atomic E-state index is 15.5. The van der Waals surface area contributed by atoms with Crippen LogP contribution in [0.1, 0.15) is 47.9 Å². The molecule has 222 valence electrons. The highest BCUT2D eigenvalue weighted by atomic mass is 19.1. The number of rotatable bonds is 10. The second kappa shape index (κ2) is 13.1. The molecule has 0 saturated heterocycles. The highest BCUT2D eigenvalue weighted by molar-refractivity contribution is 5.83. The van der Waals surface area contributed by atoms with Gasteiger partial charge >= 0.3 is 5.97 Å². The Hall–Kier alpha value is -4.63. The number of nitrogens with zero attached hydrogens (tertiary/aromatic N) is 1. The predicted octanol–water partition coefficient (Wildman–Crippen LogP) is 6.09. The van der Waals surface area contributed by atoms with Gasteiger partial charge < -0.3 is 15.8 Å². The lowest BCUT2D eigenvalue weighted by atomic mass is 10.00. The van der Waals surface area contributed by atoms with Gasteiger partial charge in [-0.2, -0.15) is 0 Å². The van der Waals surface area contributed by atoms with E-state index in [0.717, 1.165) is 54.0 Å². The summed E-state index contributed by atoms with van der Waals surface area (Å²) in [6, 6.07) is 18.9. The molecule has 1 saturated carbocycles. The van der Waals surface area contributed by atoms with Gasteiger partial charge in [0.05, 0.1) is 0 Å². The number of nitrogens with two attached hydrogens (primary N) is 1. The quantitative estimate of drug-likeness (QED) is 0.220. The van der Waals surface area contributed by atoms with Crippen molar-refractivity contribution < 1.29 is 22.7 Å². The minimum atomic E-state index is -1.01. The van der Waals surface area contributed by atoms with Crippen LogP contribution in [0, 0.1) is 17.5 Å². The van der Waals surface area contributed by atoms with Crippen LogP contribution in [0.5, 0.6) is 0 Å². The van der Waals surface area contributed by atoms with Crippen LogP contribution in [0.2, 0.25) is 0 Å². The van der Waals surface area contributed by atoms with E-state index in [1.54, 1.807) is 0 Å². The Morgan fingerprint density at radius 1 is 0.953 bits per heavy atom. The number of hydrogen-bond donors (Lipinski definition) is 2. The number of pyridine rings is 1. The second-order valence-corrected chi connectivity index (χ2v) is 10.7. The topological polar surface area (TPSA) is 86.3 Å². The number of hydrogen-bond acceptors (Lipinski definition) is 5. The van der Waals surface area contributed by atoms with E-state index in [4.69, 9.17) is 10.5 Å². The number of carbonyl (C=O) groups is 1. The third-order valence-corrected chi connectivity index (χ3v) is 7.65. The van der Waals surface area contributed by atoms with Crippen molar-refractivity contribution >= 4 is 17.4 Å². The fourth-order valence-corrected chi connectivity index (χ4v) is 5.36. The molecule has 3 aromatic carbocycles. The van der Waals surface area contributed by atoms with Crippen LogP contribution in [0.25, 0.3) is 11.3 Å². The standard InChI is InChI=1S/C34H32F3N3O3/c1-21(24-11-13-25(35)14-12-24)27-15-16-31(41)40(33(27)38)32-28(36)17-23(18-29(32)37)20-39-30(19-22-7-3-2-4-8-22)34(42)43-26-9-5-6-10-26/h2-4,7-8,11-18,26,30,39H,1,5-6,9-10,19-20,38H2/t30-/m0/s1. The monoisotopic (exact) mass is 587 g/mol. The van der Waals surface area contributed by atoms with Crippen LogP contribution in [0.15, 0.2) is 90.2 Å². The van der Waals surface area contributed by atoms with Gasteiger partial charge in [0.15, 0.2) is 11.6 Å². The minimum Gasteiger partial charge on any atom is -0.461 e. The fraction of sp³-hybridized carbons (Fsp3) is 0.235.